The minimum Gasteiger partial charge on any atom is -0.384 e. The van der Waals surface area contributed by atoms with Gasteiger partial charge < -0.3 is 15.2 Å². The summed E-state index contributed by atoms with van der Waals surface area (Å²) in [5.74, 6) is 1.25. The second-order valence-electron chi connectivity index (χ2n) is 4.81. The van der Waals surface area contributed by atoms with E-state index in [1.54, 1.807) is 25.2 Å². The summed E-state index contributed by atoms with van der Waals surface area (Å²) < 4.78 is 5.10. The van der Waals surface area contributed by atoms with Crippen molar-refractivity contribution in [2.45, 2.75) is 26.3 Å². The van der Waals surface area contributed by atoms with E-state index in [4.69, 9.17) is 10.3 Å². The number of pyridine rings is 1. The Morgan fingerprint density at radius 2 is 2.15 bits per heavy atom. The molecule has 0 bridgehead atoms. The number of aromatic nitrogens is 3. The van der Waals surface area contributed by atoms with E-state index in [-0.39, 0.29) is 18.4 Å². The van der Waals surface area contributed by atoms with Gasteiger partial charge in [0.25, 0.3) is 5.91 Å². The normalized spacial score (nSPS) is 10.8. The maximum Gasteiger partial charge on any atom is 0.272 e. The summed E-state index contributed by atoms with van der Waals surface area (Å²) in [6.07, 6.45) is 0. The highest BCUT2D eigenvalue weighted by molar-refractivity contribution is 5.92. The fourth-order valence-electron chi connectivity index (χ4n) is 1.62. The molecule has 7 heteroatoms. The molecule has 0 aliphatic rings. The summed E-state index contributed by atoms with van der Waals surface area (Å²) in [7, 11) is 1.65. The molecule has 2 aromatic heterocycles. The first kappa shape index (κ1) is 14.0. The zero-order valence-electron chi connectivity index (χ0n) is 11.7. The van der Waals surface area contributed by atoms with Gasteiger partial charge in [0.1, 0.15) is 11.5 Å². The maximum absolute atomic E-state index is 12.2. The third kappa shape index (κ3) is 3.11. The van der Waals surface area contributed by atoms with Crippen LogP contribution in [-0.2, 0) is 6.54 Å². The average molecular weight is 275 g/mol. The van der Waals surface area contributed by atoms with Gasteiger partial charge >= 0.3 is 0 Å². The molecule has 0 saturated heterocycles. The SMILES string of the molecule is CC(C)c1nc(CN(C)C(=O)c2cccc(N)n2)no1. The van der Waals surface area contributed by atoms with E-state index in [0.717, 1.165) is 0 Å². The lowest BCUT2D eigenvalue weighted by molar-refractivity contribution is 0.0775. The Morgan fingerprint density at radius 3 is 2.75 bits per heavy atom. The monoisotopic (exact) mass is 275 g/mol. The molecule has 20 heavy (non-hydrogen) atoms. The summed E-state index contributed by atoms with van der Waals surface area (Å²) in [5, 5.41) is 3.85. The van der Waals surface area contributed by atoms with Gasteiger partial charge in [-0.05, 0) is 12.1 Å². The predicted molar refractivity (Wildman–Crippen MR) is 72.8 cm³/mol. The van der Waals surface area contributed by atoms with Gasteiger partial charge in [-0.2, -0.15) is 4.98 Å². The molecule has 0 fully saturated rings. The molecular formula is C13H17N5O2. The van der Waals surface area contributed by atoms with Crippen molar-refractivity contribution in [3.05, 3.63) is 35.6 Å². The Bertz CT molecular complexity index is 608. The molecule has 2 rings (SSSR count). The van der Waals surface area contributed by atoms with Crippen molar-refractivity contribution in [2.24, 2.45) is 0 Å². The van der Waals surface area contributed by atoms with Crippen LogP contribution in [0.25, 0.3) is 0 Å². The van der Waals surface area contributed by atoms with Gasteiger partial charge in [-0.15, -0.1) is 0 Å². The number of anilines is 1. The molecule has 1 amide bonds. The van der Waals surface area contributed by atoms with Crippen LogP contribution in [0.1, 0.15) is 42.0 Å². The van der Waals surface area contributed by atoms with Gasteiger partial charge in [0.05, 0.1) is 6.54 Å². The van der Waals surface area contributed by atoms with E-state index < -0.39 is 0 Å². The highest BCUT2D eigenvalue weighted by atomic mass is 16.5. The van der Waals surface area contributed by atoms with Crippen molar-refractivity contribution < 1.29 is 9.32 Å². The molecule has 0 saturated carbocycles. The number of amides is 1. The topological polar surface area (TPSA) is 98.1 Å². The molecule has 0 aliphatic heterocycles. The molecule has 2 N–H and O–H groups in total. The Hall–Kier alpha value is -2.44. The Kier molecular flexibility index (Phi) is 3.97. The molecule has 2 aromatic rings. The van der Waals surface area contributed by atoms with Crippen molar-refractivity contribution >= 4 is 11.7 Å². The molecule has 2 heterocycles. The van der Waals surface area contributed by atoms with E-state index >= 15 is 0 Å². The highest BCUT2D eigenvalue weighted by Crippen LogP contribution is 2.12. The Balaban J connectivity index is 2.07. The lowest BCUT2D eigenvalue weighted by atomic mass is 10.2. The summed E-state index contributed by atoms with van der Waals surface area (Å²) in [6.45, 7) is 4.18. The van der Waals surface area contributed by atoms with E-state index in [1.165, 1.54) is 4.90 Å². The molecule has 0 aromatic carbocycles. The standard InChI is InChI=1S/C13H17N5O2/c1-8(2)12-16-11(17-20-12)7-18(3)13(19)9-5-4-6-10(14)15-9/h4-6,8H,7H2,1-3H3,(H2,14,15). The number of rotatable bonds is 4. The zero-order valence-corrected chi connectivity index (χ0v) is 11.7. The van der Waals surface area contributed by atoms with E-state index in [9.17, 15) is 4.79 Å². The van der Waals surface area contributed by atoms with Crippen LogP contribution in [0.5, 0.6) is 0 Å². The van der Waals surface area contributed by atoms with Crippen molar-refractivity contribution in [3.8, 4) is 0 Å². The van der Waals surface area contributed by atoms with Crippen LogP contribution in [-0.4, -0.2) is 33.0 Å². The molecule has 0 aliphatic carbocycles. The zero-order chi connectivity index (χ0) is 14.7. The van der Waals surface area contributed by atoms with Crippen LogP contribution in [0.4, 0.5) is 5.82 Å². The molecule has 106 valence electrons. The van der Waals surface area contributed by atoms with Crippen LogP contribution in [0.15, 0.2) is 22.7 Å². The van der Waals surface area contributed by atoms with Crippen molar-refractivity contribution in [1.29, 1.82) is 0 Å². The Labute approximate surface area is 116 Å². The fourth-order valence-corrected chi connectivity index (χ4v) is 1.62. The average Bonchev–Trinajstić information content (AvgIpc) is 2.86. The largest absolute Gasteiger partial charge is 0.384 e. The smallest absolute Gasteiger partial charge is 0.272 e. The number of nitrogens with zero attached hydrogens (tertiary/aromatic N) is 4. The van der Waals surface area contributed by atoms with Crippen LogP contribution < -0.4 is 5.73 Å². The van der Waals surface area contributed by atoms with Gasteiger partial charge in [0.15, 0.2) is 5.82 Å². The highest BCUT2D eigenvalue weighted by Gasteiger charge is 2.17. The third-order valence-corrected chi connectivity index (χ3v) is 2.69. The van der Waals surface area contributed by atoms with Crippen molar-refractivity contribution in [1.82, 2.24) is 20.0 Å². The van der Waals surface area contributed by atoms with Crippen LogP contribution >= 0.6 is 0 Å². The maximum atomic E-state index is 12.2. The molecule has 0 radical (unpaired) electrons. The van der Waals surface area contributed by atoms with Gasteiger partial charge in [0, 0.05) is 13.0 Å². The Morgan fingerprint density at radius 1 is 1.40 bits per heavy atom. The second-order valence-corrected chi connectivity index (χ2v) is 4.81. The van der Waals surface area contributed by atoms with E-state index in [1.807, 2.05) is 13.8 Å². The molecule has 0 atom stereocenters. The summed E-state index contributed by atoms with van der Waals surface area (Å²) in [5.41, 5.74) is 5.86. The van der Waals surface area contributed by atoms with Crippen LogP contribution in [0.3, 0.4) is 0 Å². The molecule has 7 nitrogen and oxygen atoms in total. The number of nitrogens with two attached hydrogens (primary N) is 1. The van der Waals surface area contributed by atoms with Gasteiger partial charge in [-0.25, -0.2) is 4.98 Å². The molecule has 0 spiro atoms. The summed E-state index contributed by atoms with van der Waals surface area (Å²) in [6, 6.07) is 4.93. The number of nitrogen functional groups attached to an aromatic ring is 1. The lowest BCUT2D eigenvalue weighted by Gasteiger charge is -2.14. The first-order chi connectivity index (χ1) is 9.47. The number of carbonyl (C=O) groups is 1. The van der Waals surface area contributed by atoms with Crippen molar-refractivity contribution in [3.63, 3.8) is 0 Å². The summed E-state index contributed by atoms with van der Waals surface area (Å²) in [4.78, 5) is 21.9. The van der Waals surface area contributed by atoms with Crippen molar-refractivity contribution in [2.75, 3.05) is 12.8 Å². The quantitative estimate of drug-likeness (QED) is 0.906. The number of carbonyl (C=O) groups excluding carboxylic acids is 1. The number of hydrogen-bond donors (Lipinski definition) is 1. The first-order valence-electron chi connectivity index (χ1n) is 6.28. The predicted octanol–water partition coefficient (Wildman–Crippen LogP) is 1.44. The minimum absolute atomic E-state index is 0.160. The van der Waals surface area contributed by atoms with E-state index in [2.05, 4.69) is 15.1 Å². The first-order valence-corrected chi connectivity index (χ1v) is 6.28. The van der Waals surface area contributed by atoms with Crippen LogP contribution in [0.2, 0.25) is 0 Å². The summed E-state index contributed by atoms with van der Waals surface area (Å²) >= 11 is 0. The number of hydrogen-bond acceptors (Lipinski definition) is 6. The third-order valence-electron chi connectivity index (χ3n) is 2.69. The molecular weight excluding hydrogens is 258 g/mol. The minimum atomic E-state index is -0.242. The van der Waals surface area contributed by atoms with E-state index in [0.29, 0.717) is 23.2 Å². The lowest BCUT2D eigenvalue weighted by Crippen LogP contribution is -2.27. The molecule has 0 unspecified atom stereocenters. The van der Waals surface area contributed by atoms with Gasteiger partial charge in [-0.1, -0.05) is 25.1 Å². The van der Waals surface area contributed by atoms with Gasteiger partial charge in [0.2, 0.25) is 5.89 Å². The second kappa shape index (κ2) is 5.68. The van der Waals surface area contributed by atoms with Crippen LogP contribution in [0, 0.1) is 0 Å². The van der Waals surface area contributed by atoms with Gasteiger partial charge in [-0.3, -0.25) is 4.79 Å². The fraction of sp³-hybridized carbons (Fsp3) is 0.385.